The lowest BCUT2D eigenvalue weighted by molar-refractivity contribution is -0.527. The van der Waals surface area contributed by atoms with Gasteiger partial charge in [-0.3, -0.25) is 20.8 Å². The van der Waals surface area contributed by atoms with E-state index < -0.39 is 66.5 Å². The fourth-order valence-corrected chi connectivity index (χ4v) is 6.93. The van der Waals surface area contributed by atoms with Crippen LogP contribution in [0, 0.1) is 0 Å². The molecule has 0 aliphatic carbocycles. The highest BCUT2D eigenvalue weighted by atomic mass is 32.3. The molecule has 1 aromatic rings. The molecule has 2 atom stereocenters. The van der Waals surface area contributed by atoms with Crippen molar-refractivity contribution in [2.75, 3.05) is 33.4 Å². The van der Waals surface area contributed by atoms with Crippen LogP contribution < -0.4 is 5.14 Å². The van der Waals surface area contributed by atoms with Crippen molar-refractivity contribution in [1.29, 1.82) is 0 Å². The SMILES string of the molecule is CCN(C(=O)OCC(CON(O)O)ON(O)O)[C@H]1CN(C)S(=O)(=O)c2sc(S(N)(=O)=O)cc21. The number of amides is 1. The van der Waals surface area contributed by atoms with Crippen LogP contribution in [0.3, 0.4) is 0 Å². The van der Waals surface area contributed by atoms with Crippen molar-refractivity contribution in [3.8, 4) is 0 Å². The van der Waals surface area contributed by atoms with Crippen molar-refractivity contribution in [3.05, 3.63) is 11.6 Å². The third kappa shape index (κ3) is 6.75. The van der Waals surface area contributed by atoms with Crippen molar-refractivity contribution in [2.24, 2.45) is 5.14 Å². The van der Waals surface area contributed by atoms with E-state index in [-0.39, 0.29) is 22.9 Å². The number of likely N-dealkylation sites (N-methyl/N-ethyl adjacent to an activating group) is 2. The van der Waals surface area contributed by atoms with Gasteiger partial charge in [-0.25, -0.2) is 36.4 Å². The highest BCUT2D eigenvalue weighted by Gasteiger charge is 2.42. The molecule has 0 radical (unpaired) electrons. The molecule has 0 saturated heterocycles. The first kappa shape index (κ1) is 27.7. The molecule has 6 N–H and O–H groups in total. The van der Waals surface area contributed by atoms with E-state index in [0.717, 1.165) is 15.3 Å². The highest BCUT2D eigenvalue weighted by molar-refractivity contribution is 7.94. The Bertz CT molecular complexity index is 1040. The lowest BCUT2D eigenvalue weighted by atomic mass is 10.1. The van der Waals surface area contributed by atoms with Crippen molar-refractivity contribution < 1.29 is 56.9 Å². The van der Waals surface area contributed by atoms with E-state index in [0.29, 0.717) is 11.3 Å². The topological polar surface area (TPSA) is 233 Å². The number of nitrogens with zero attached hydrogens (tertiary/aromatic N) is 4. The van der Waals surface area contributed by atoms with Gasteiger partial charge in [-0.15, -0.1) is 11.3 Å². The molecule has 0 bridgehead atoms. The molecule has 0 spiro atoms. The van der Waals surface area contributed by atoms with Crippen LogP contribution in [0.5, 0.6) is 0 Å². The van der Waals surface area contributed by atoms with Gasteiger partial charge in [0.15, 0.2) is 0 Å². The Morgan fingerprint density at radius 2 is 1.94 bits per heavy atom. The monoisotopic (exact) mass is 537 g/mol. The average Bonchev–Trinajstić information content (AvgIpc) is 3.15. The number of carbonyl (C=O) groups excluding carboxylic acids is 1. The summed E-state index contributed by atoms with van der Waals surface area (Å²) >= 11 is 0.460. The first-order valence-electron chi connectivity index (χ1n) is 8.90. The van der Waals surface area contributed by atoms with Gasteiger partial charge < -0.3 is 9.64 Å². The van der Waals surface area contributed by atoms with E-state index in [1.54, 1.807) is 6.92 Å². The van der Waals surface area contributed by atoms with Crippen LogP contribution in [0.25, 0.3) is 0 Å². The fourth-order valence-electron chi connectivity index (χ4n) is 2.90. The zero-order chi connectivity index (χ0) is 25.1. The summed E-state index contributed by atoms with van der Waals surface area (Å²) < 4.78 is 54.2. The van der Waals surface area contributed by atoms with Crippen molar-refractivity contribution in [3.63, 3.8) is 0 Å². The molecule has 190 valence electrons. The van der Waals surface area contributed by atoms with Crippen molar-refractivity contribution >= 4 is 37.5 Å². The van der Waals surface area contributed by atoms with Gasteiger partial charge in [0, 0.05) is 25.7 Å². The van der Waals surface area contributed by atoms with Crippen LogP contribution in [0.15, 0.2) is 14.5 Å². The molecular weight excluding hydrogens is 514 g/mol. The number of carbonyl (C=O) groups is 1. The summed E-state index contributed by atoms with van der Waals surface area (Å²) in [7, 11) is -6.97. The van der Waals surface area contributed by atoms with Gasteiger partial charge in [0.25, 0.3) is 10.0 Å². The quantitative estimate of drug-likeness (QED) is 0.223. The molecule has 33 heavy (non-hydrogen) atoms. The number of primary sulfonamides is 1. The lowest BCUT2D eigenvalue weighted by Gasteiger charge is -2.36. The number of hydrogen-bond acceptors (Lipinski definition) is 15. The molecule has 20 heteroatoms. The fraction of sp³-hybridized carbons (Fsp3) is 0.615. The molecule has 2 heterocycles. The number of nitrogens with two attached hydrogens (primary N) is 1. The van der Waals surface area contributed by atoms with Crippen LogP contribution in [0.4, 0.5) is 4.79 Å². The second kappa shape index (κ2) is 10.8. The largest absolute Gasteiger partial charge is 0.446 e. The predicted molar refractivity (Wildman–Crippen MR) is 104 cm³/mol. The van der Waals surface area contributed by atoms with Gasteiger partial charge in [0.05, 0.1) is 16.8 Å². The van der Waals surface area contributed by atoms with Gasteiger partial charge in [-0.2, -0.15) is 4.31 Å². The average molecular weight is 538 g/mol. The van der Waals surface area contributed by atoms with Crippen LogP contribution in [-0.2, 0) is 34.5 Å². The Labute approximate surface area is 192 Å². The summed E-state index contributed by atoms with van der Waals surface area (Å²) in [6.45, 7) is -0.00614. The summed E-state index contributed by atoms with van der Waals surface area (Å²) in [5, 5.41) is 38.5. The maximum Gasteiger partial charge on any atom is 0.410 e. The van der Waals surface area contributed by atoms with E-state index in [9.17, 15) is 21.6 Å². The molecule has 1 aromatic heterocycles. The first-order valence-corrected chi connectivity index (χ1v) is 12.7. The predicted octanol–water partition coefficient (Wildman–Crippen LogP) is -1.08. The zero-order valence-corrected chi connectivity index (χ0v) is 19.7. The van der Waals surface area contributed by atoms with E-state index in [1.165, 1.54) is 7.05 Å². The first-order chi connectivity index (χ1) is 15.2. The normalized spacial score (nSPS) is 19.5. The molecule has 0 fully saturated rings. The van der Waals surface area contributed by atoms with Gasteiger partial charge in [0.1, 0.15) is 27.7 Å². The highest BCUT2D eigenvalue weighted by Crippen LogP contribution is 2.41. The number of thiophene rings is 1. The molecule has 1 amide bonds. The lowest BCUT2D eigenvalue weighted by Crippen LogP contribution is -2.46. The minimum atomic E-state index is -4.21. The smallest absolute Gasteiger partial charge is 0.410 e. The molecule has 0 aromatic carbocycles. The Morgan fingerprint density at radius 3 is 2.45 bits per heavy atom. The molecule has 1 aliphatic heterocycles. The van der Waals surface area contributed by atoms with Gasteiger partial charge in [0.2, 0.25) is 10.0 Å². The second-order valence-corrected chi connectivity index (χ2v) is 11.6. The zero-order valence-electron chi connectivity index (χ0n) is 17.2. The molecule has 17 nitrogen and oxygen atoms in total. The van der Waals surface area contributed by atoms with Crippen LogP contribution in [-0.4, -0.2) is 103 Å². The molecule has 1 unspecified atom stereocenters. The van der Waals surface area contributed by atoms with Crippen LogP contribution in [0.1, 0.15) is 18.5 Å². The van der Waals surface area contributed by atoms with Crippen LogP contribution in [0.2, 0.25) is 0 Å². The number of fused-ring (bicyclic) bond motifs is 1. The maximum atomic E-state index is 12.7. The number of rotatable bonds is 10. The van der Waals surface area contributed by atoms with Gasteiger partial charge in [-0.05, 0) is 13.0 Å². The summed E-state index contributed by atoms with van der Waals surface area (Å²) in [6, 6.07) is 0.151. The third-order valence-corrected chi connectivity index (χ3v) is 9.30. The summed E-state index contributed by atoms with van der Waals surface area (Å²) in [5.74, 6) is 0. The number of sulfonamides is 2. The summed E-state index contributed by atoms with van der Waals surface area (Å²) in [5.41, 5.74) is 0.0464. The van der Waals surface area contributed by atoms with Crippen molar-refractivity contribution in [1.82, 2.24) is 20.0 Å². The summed E-state index contributed by atoms with van der Waals surface area (Å²) in [4.78, 5) is 22.6. The Kier molecular flexibility index (Phi) is 9.08. The number of hydrogen-bond donors (Lipinski definition) is 5. The Balaban J connectivity index is 2.28. The minimum absolute atomic E-state index is 0.00654. The maximum absolute atomic E-state index is 12.7. The molecule has 2 rings (SSSR count). The molecular formula is C13H23N5O12S3. The van der Waals surface area contributed by atoms with Gasteiger partial charge in [-0.1, -0.05) is 0 Å². The third-order valence-electron chi connectivity index (χ3n) is 4.38. The minimum Gasteiger partial charge on any atom is -0.446 e. The van der Waals surface area contributed by atoms with Gasteiger partial charge >= 0.3 is 6.09 Å². The molecule has 1 aliphatic rings. The van der Waals surface area contributed by atoms with E-state index >= 15 is 0 Å². The molecule has 0 saturated carbocycles. The van der Waals surface area contributed by atoms with Crippen molar-refractivity contribution in [2.45, 2.75) is 27.5 Å². The van der Waals surface area contributed by atoms with E-state index in [2.05, 4.69) is 9.68 Å². The summed E-state index contributed by atoms with van der Waals surface area (Å²) in [6.07, 6.45) is -2.41. The van der Waals surface area contributed by atoms with Crippen LogP contribution >= 0.6 is 11.3 Å². The Morgan fingerprint density at radius 1 is 1.30 bits per heavy atom. The standard InChI is InChI=1S/C13H23N5O12S3/c1-3-16(13(19)28-6-8(30-18(22)23)7-29-17(20)21)10-5-15(2)33(26,27)12-9(10)4-11(31-12)32(14,24)25/h4,8,10,20-23H,3,5-7H2,1-2H3,(H2,14,24,25)/t8?,10-/m0/s1. The second-order valence-electron chi connectivity index (χ2n) is 6.55. The Hall–Kier alpha value is -1.53. The van der Waals surface area contributed by atoms with E-state index in [4.69, 9.17) is 30.7 Å². The van der Waals surface area contributed by atoms with E-state index in [1.807, 2.05) is 0 Å². The number of ether oxygens (including phenoxy) is 1.